The fourth-order valence-corrected chi connectivity index (χ4v) is 2.03. The zero-order valence-corrected chi connectivity index (χ0v) is 12.0. The summed E-state index contributed by atoms with van der Waals surface area (Å²) in [6.45, 7) is 4.02. The van der Waals surface area contributed by atoms with Crippen LogP contribution in [0.15, 0.2) is 30.6 Å². The van der Waals surface area contributed by atoms with E-state index >= 15 is 0 Å². The van der Waals surface area contributed by atoms with Crippen LogP contribution in [0.5, 0.6) is 0 Å². The first-order valence-corrected chi connectivity index (χ1v) is 6.59. The maximum absolute atomic E-state index is 11.6. The number of carbonyl (C=O) groups excluding carboxylic acids is 1. The topological polar surface area (TPSA) is 84.2 Å². The number of carbonyl (C=O) groups is 2. The zero-order chi connectivity index (χ0) is 15.4. The van der Waals surface area contributed by atoms with Crippen LogP contribution in [0.2, 0.25) is 0 Å². The third-order valence-electron chi connectivity index (χ3n) is 3.03. The molecule has 0 aliphatic rings. The van der Waals surface area contributed by atoms with E-state index in [2.05, 4.69) is 16.5 Å². The second-order valence-corrected chi connectivity index (χ2v) is 4.91. The number of amides is 1. The first kappa shape index (κ1) is 14.8. The van der Waals surface area contributed by atoms with Crippen LogP contribution in [0.3, 0.4) is 0 Å². The molecular formula is C15H17N3O3. The molecule has 0 fully saturated rings. The predicted octanol–water partition coefficient (Wildman–Crippen LogP) is 2.29. The van der Waals surface area contributed by atoms with Crippen molar-refractivity contribution < 1.29 is 14.7 Å². The van der Waals surface area contributed by atoms with E-state index in [9.17, 15) is 9.59 Å². The lowest BCUT2D eigenvalue weighted by molar-refractivity contribution is -0.138. The van der Waals surface area contributed by atoms with Gasteiger partial charge in [-0.05, 0) is 25.5 Å². The van der Waals surface area contributed by atoms with Crippen molar-refractivity contribution >= 4 is 17.6 Å². The Morgan fingerprint density at radius 1 is 1.29 bits per heavy atom. The molecule has 0 unspecified atom stereocenters. The summed E-state index contributed by atoms with van der Waals surface area (Å²) in [4.78, 5) is 22.0. The van der Waals surface area contributed by atoms with Gasteiger partial charge in [0.15, 0.2) is 0 Å². The van der Waals surface area contributed by atoms with Gasteiger partial charge in [0.2, 0.25) is 5.91 Å². The van der Waals surface area contributed by atoms with Crippen LogP contribution in [-0.2, 0) is 9.59 Å². The summed E-state index contributed by atoms with van der Waals surface area (Å²) in [5, 5.41) is 15.4. The minimum Gasteiger partial charge on any atom is -0.481 e. The second kappa shape index (κ2) is 6.21. The van der Waals surface area contributed by atoms with Crippen LogP contribution in [0, 0.1) is 13.8 Å². The number of carboxylic acid groups (broad SMARTS) is 1. The van der Waals surface area contributed by atoms with Crippen LogP contribution < -0.4 is 5.32 Å². The number of anilines is 1. The molecule has 0 bridgehead atoms. The number of hydrogen-bond donors (Lipinski definition) is 2. The average Bonchev–Trinajstić information content (AvgIpc) is 2.84. The highest BCUT2D eigenvalue weighted by Crippen LogP contribution is 2.17. The molecule has 110 valence electrons. The van der Waals surface area contributed by atoms with Gasteiger partial charge in [-0.3, -0.25) is 9.59 Å². The Hall–Kier alpha value is -2.63. The Labute approximate surface area is 122 Å². The molecule has 1 heterocycles. The van der Waals surface area contributed by atoms with E-state index in [1.54, 1.807) is 10.9 Å². The molecule has 0 aliphatic heterocycles. The summed E-state index contributed by atoms with van der Waals surface area (Å²) in [5.41, 5.74) is 3.74. The van der Waals surface area contributed by atoms with Crippen molar-refractivity contribution in [2.45, 2.75) is 26.7 Å². The molecule has 0 atom stereocenters. The summed E-state index contributed by atoms with van der Waals surface area (Å²) in [7, 11) is 0. The van der Waals surface area contributed by atoms with Gasteiger partial charge in [-0.1, -0.05) is 17.7 Å². The maximum Gasteiger partial charge on any atom is 0.303 e. The molecule has 2 rings (SSSR count). The molecule has 2 aromatic rings. The highest BCUT2D eigenvalue weighted by Gasteiger charge is 2.08. The lowest BCUT2D eigenvalue weighted by atomic mass is 10.1. The van der Waals surface area contributed by atoms with E-state index in [0.29, 0.717) is 5.69 Å². The van der Waals surface area contributed by atoms with E-state index in [1.807, 2.05) is 26.0 Å². The summed E-state index contributed by atoms with van der Waals surface area (Å²) in [5.74, 6) is -1.33. The van der Waals surface area contributed by atoms with Crippen LogP contribution in [0.25, 0.3) is 5.69 Å². The zero-order valence-electron chi connectivity index (χ0n) is 12.0. The fraction of sp³-hybridized carbons (Fsp3) is 0.267. The molecule has 0 saturated carbocycles. The SMILES string of the molecule is Cc1ccc(-n2cc(NC(=O)CCC(=O)O)cn2)c(C)c1. The molecule has 0 spiro atoms. The highest BCUT2D eigenvalue weighted by molar-refractivity contribution is 5.92. The number of benzene rings is 1. The Morgan fingerprint density at radius 2 is 2.05 bits per heavy atom. The van der Waals surface area contributed by atoms with Gasteiger partial charge < -0.3 is 10.4 Å². The third kappa shape index (κ3) is 3.92. The maximum atomic E-state index is 11.6. The molecule has 6 heteroatoms. The van der Waals surface area contributed by atoms with Crippen LogP contribution in [0.4, 0.5) is 5.69 Å². The third-order valence-corrected chi connectivity index (χ3v) is 3.03. The minimum atomic E-state index is -0.990. The standard InChI is InChI=1S/C15H17N3O3/c1-10-3-4-13(11(2)7-10)18-9-12(8-16-18)17-14(19)5-6-15(20)21/h3-4,7-9H,5-6H2,1-2H3,(H,17,19)(H,20,21). The van der Waals surface area contributed by atoms with E-state index in [0.717, 1.165) is 11.3 Å². The van der Waals surface area contributed by atoms with Crippen molar-refractivity contribution in [3.8, 4) is 5.69 Å². The van der Waals surface area contributed by atoms with Gasteiger partial charge in [0.1, 0.15) is 0 Å². The van der Waals surface area contributed by atoms with E-state index < -0.39 is 5.97 Å². The molecule has 6 nitrogen and oxygen atoms in total. The number of rotatable bonds is 5. The molecule has 1 aromatic heterocycles. The van der Waals surface area contributed by atoms with E-state index in [1.165, 1.54) is 11.8 Å². The quantitative estimate of drug-likeness (QED) is 0.883. The largest absolute Gasteiger partial charge is 0.481 e. The summed E-state index contributed by atoms with van der Waals surface area (Å²) in [6.07, 6.45) is 3.01. The Balaban J connectivity index is 2.07. The highest BCUT2D eigenvalue weighted by atomic mass is 16.4. The molecule has 21 heavy (non-hydrogen) atoms. The number of aliphatic carboxylic acids is 1. The predicted molar refractivity (Wildman–Crippen MR) is 78.5 cm³/mol. The normalized spacial score (nSPS) is 10.4. The number of aromatic nitrogens is 2. The summed E-state index contributed by atoms with van der Waals surface area (Å²) < 4.78 is 1.68. The van der Waals surface area contributed by atoms with Crippen LogP contribution in [-0.4, -0.2) is 26.8 Å². The van der Waals surface area contributed by atoms with Gasteiger partial charge >= 0.3 is 5.97 Å². The van der Waals surface area contributed by atoms with Crippen molar-refractivity contribution in [2.24, 2.45) is 0 Å². The van der Waals surface area contributed by atoms with Crippen molar-refractivity contribution in [3.05, 3.63) is 41.7 Å². The fourth-order valence-electron chi connectivity index (χ4n) is 2.03. The number of hydrogen-bond acceptors (Lipinski definition) is 3. The first-order chi connectivity index (χ1) is 9.95. The molecule has 2 N–H and O–H groups in total. The van der Waals surface area contributed by atoms with E-state index in [-0.39, 0.29) is 18.7 Å². The van der Waals surface area contributed by atoms with Crippen molar-refractivity contribution in [3.63, 3.8) is 0 Å². The van der Waals surface area contributed by atoms with Crippen LogP contribution >= 0.6 is 0 Å². The molecule has 1 aromatic carbocycles. The Morgan fingerprint density at radius 3 is 2.71 bits per heavy atom. The van der Waals surface area contributed by atoms with Gasteiger partial charge in [0, 0.05) is 6.42 Å². The Kier molecular flexibility index (Phi) is 4.37. The van der Waals surface area contributed by atoms with E-state index in [4.69, 9.17) is 5.11 Å². The molecule has 0 radical (unpaired) electrons. The monoisotopic (exact) mass is 287 g/mol. The average molecular weight is 287 g/mol. The summed E-state index contributed by atoms with van der Waals surface area (Å²) in [6, 6.07) is 6.02. The van der Waals surface area contributed by atoms with Gasteiger partial charge in [-0.25, -0.2) is 4.68 Å². The van der Waals surface area contributed by atoms with Gasteiger partial charge in [-0.2, -0.15) is 5.10 Å². The Bertz CT molecular complexity index is 677. The molecule has 0 aliphatic carbocycles. The number of carboxylic acids is 1. The number of aryl methyl sites for hydroxylation is 2. The lowest BCUT2D eigenvalue weighted by Crippen LogP contribution is -2.12. The lowest BCUT2D eigenvalue weighted by Gasteiger charge is -2.06. The molecular weight excluding hydrogens is 270 g/mol. The number of nitrogens with one attached hydrogen (secondary N) is 1. The van der Waals surface area contributed by atoms with Crippen LogP contribution in [0.1, 0.15) is 24.0 Å². The summed E-state index contributed by atoms with van der Waals surface area (Å²) >= 11 is 0. The molecule has 0 saturated heterocycles. The van der Waals surface area contributed by atoms with Gasteiger partial charge in [-0.15, -0.1) is 0 Å². The van der Waals surface area contributed by atoms with Gasteiger partial charge in [0.25, 0.3) is 0 Å². The van der Waals surface area contributed by atoms with Crippen molar-refractivity contribution in [1.82, 2.24) is 9.78 Å². The van der Waals surface area contributed by atoms with Crippen molar-refractivity contribution in [2.75, 3.05) is 5.32 Å². The smallest absolute Gasteiger partial charge is 0.303 e. The number of nitrogens with zero attached hydrogens (tertiary/aromatic N) is 2. The van der Waals surface area contributed by atoms with Crippen molar-refractivity contribution in [1.29, 1.82) is 0 Å². The van der Waals surface area contributed by atoms with Gasteiger partial charge in [0.05, 0.1) is 30.2 Å². The first-order valence-electron chi connectivity index (χ1n) is 6.59. The molecule has 1 amide bonds. The minimum absolute atomic E-state index is 0.0515. The second-order valence-electron chi connectivity index (χ2n) is 4.91.